The molecule has 4 aromatic rings. The fraction of sp³-hybridized carbons (Fsp3) is 0.269. The molecule has 1 saturated carbocycles. The molecule has 2 aromatic heterocycles. The number of nitrogens with two attached hydrogens (primary N) is 1. The minimum Gasteiger partial charge on any atom is -0.475 e. The zero-order valence-corrected chi connectivity index (χ0v) is 20.7. The van der Waals surface area contributed by atoms with Gasteiger partial charge >= 0.3 is 17.8 Å². The molecule has 0 saturated heterocycles. The smallest absolute Gasteiger partial charge is 0.475 e. The van der Waals surface area contributed by atoms with E-state index < -0.39 is 35.2 Å². The number of alkyl halides is 3. The summed E-state index contributed by atoms with van der Waals surface area (Å²) in [6.45, 7) is 0.488. The molecule has 40 heavy (non-hydrogen) atoms. The number of hydrogen-bond donors (Lipinski definition) is 4. The Hall–Kier alpha value is -4.75. The highest BCUT2D eigenvalue weighted by Gasteiger charge is 2.38. The van der Waals surface area contributed by atoms with Crippen molar-refractivity contribution >= 4 is 23.0 Å². The van der Waals surface area contributed by atoms with Gasteiger partial charge in [-0.1, -0.05) is 30.3 Å². The highest BCUT2D eigenvalue weighted by molar-refractivity contribution is 5.92. The number of carboxylic acids is 1. The Kier molecular flexibility index (Phi) is 7.89. The van der Waals surface area contributed by atoms with Crippen molar-refractivity contribution in [2.45, 2.75) is 37.9 Å². The third kappa shape index (κ3) is 6.45. The van der Waals surface area contributed by atoms with Gasteiger partial charge in [-0.25, -0.2) is 19.0 Å². The average molecular weight is 561 g/mol. The van der Waals surface area contributed by atoms with Crippen LogP contribution in [0.3, 0.4) is 0 Å². The van der Waals surface area contributed by atoms with Gasteiger partial charge in [-0.2, -0.15) is 13.2 Å². The molecule has 14 heteroatoms. The summed E-state index contributed by atoms with van der Waals surface area (Å²) in [5.41, 5.74) is 6.40. The van der Waals surface area contributed by atoms with E-state index in [9.17, 15) is 31.9 Å². The van der Waals surface area contributed by atoms with E-state index in [4.69, 9.17) is 15.6 Å². The molecule has 1 aliphatic carbocycles. The van der Waals surface area contributed by atoms with E-state index in [1.807, 2.05) is 0 Å². The molecule has 0 bridgehead atoms. The molecule has 1 fully saturated rings. The highest BCUT2D eigenvalue weighted by atomic mass is 19.4. The summed E-state index contributed by atoms with van der Waals surface area (Å²) >= 11 is 0. The fourth-order valence-electron chi connectivity index (χ4n) is 4.09. The number of primary amides is 1. The van der Waals surface area contributed by atoms with Crippen molar-refractivity contribution in [3.05, 3.63) is 97.7 Å². The molecule has 2 aromatic carbocycles. The van der Waals surface area contributed by atoms with Crippen LogP contribution in [0.4, 0.5) is 17.6 Å². The number of H-pyrrole nitrogens is 2. The molecular formula is C26H23F4N5O5. The van der Waals surface area contributed by atoms with E-state index in [1.165, 1.54) is 10.6 Å². The zero-order chi connectivity index (χ0) is 29.2. The fourth-order valence-corrected chi connectivity index (χ4v) is 4.09. The Labute approximate surface area is 222 Å². The molecular weight excluding hydrogens is 538 g/mol. The van der Waals surface area contributed by atoms with Gasteiger partial charge in [-0.15, -0.1) is 0 Å². The second kappa shape index (κ2) is 11.2. The van der Waals surface area contributed by atoms with Crippen molar-refractivity contribution in [1.29, 1.82) is 0 Å². The Bertz CT molecular complexity index is 1670. The number of carboxylic acid groups (broad SMARTS) is 1. The number of hydrogen-bond acceptors (Lipinski definition) is 5. The third-order valence-electron chi connectivity index (χ3n) is 6.34. The van der Waals surface area contributed by atoms with Gasteiger partial charge in [0, 0.05) is 18.0 Å². The molecule has 1 amide bonds. The molecule has 210 valence electrons. The normalized spacial score (nSPS) is 13.9. The van der Waals surface area contributed by atoms with Crippen LogP contribution in [-0.2, 0) is 17.8 Å². The van der Waals surface area contributed by atoms with Gasteiger partial charge in [0.1, 0.15) is 17.2 Å². The van der Waals surface area contributed by atoms with E-state index in [-0.39, 0.29) is 23.4 Å². The molecule has 2 heterocycles. The first-order valence-corrected chi connectivity index (χ1v) is 12.0. The Balaban J connectivity index is 0.000000470. The number of aliphatic carboxylic acids is 1. The van der Waals surface area contributed by atoms with E-state index in [0.29, 0.717) is 29.4 Å². The summed E-state index contributed by atoms with van der Waals surface area (Å²) in [4.78, 5) is 55.4. The number of aromatic nitrogens is 4. The van der Waals surface area contributed by atoms with Gasteiger partial charge in [0.25, 0.3) is 5.56 Å². The molecule has 0 radical (unpaired) electrons. The SMILES string of the molecule is NC(=O)c1ccc(C(Cc2ccccc2F)c2nc3c([nH]2)c(=O)[nH]c(=O)n3CC2CC2)cc1.O=C(O)C(F)(F)F. The quantitative estimate of drug-likeness (QED) is 0.253. The number of benzene rings is 2. The van der Waals surface area contributed by atoms with Crippen molar-refractivity contribution in [2.24, 2.45) is 11.7 Å². The van der Waals surface area contributed by atoms with Crippen molar-refractivity contribution in [1.82, 2.24) is 19.5 Å². The van der Waals surface area contributed by atoms with E-state index in [1.54, 1.807) is 42.5 Å². The topological polar surface area (TPSA) is 164 Å². The number of rotatable bonds is 7. The summed E-state index contributed by atoms with van der Waals surface area (Å²) in [6, 6.07) is 13.1. The molecule has 10 nitrogen and oxygen atoms in total. The van der Waals surface area contributed by atoms with Crippen LogP contribution < -0.4 is 17.0 Å². The van der Waals surface area contributed by atoms with Crippen LogP contribution in [0.2, 0.25) is 0 Å². The number of fused-ring (bicyclic) bond motifs is 1. The predicted octanol–water partition coefficient (Wildman–Crippen LogP) is 3.07. The molecule has 5 N–H and O–H groups in total. The van der Waals surface area contributed by atoms with Gasteiger partial charge in [-0.05, 0) is 54.5 Å². The number of amides is 1. The average Bonchev–Trinajstić information content (AvgIpc) is 3.61. The largest absolute Gasteiger partial charge is 0.490 e. The van der Waals surface area contributed by atoms with E-state index >= 15 is 0 Å². The molecule has 1 atom stereocenters. The predicted molar refractivity (Wildman–Crippen MR) is 134 cm³/mol. The number of nitrogens with zero attached hydrogens (tertiary/aromatic N) is 2. The Morgan fingerprint density at radius 1 is 1.07 bits per heavy atom. The minimum atomic E-state index is -5.08. The third-order valence-corrected chi connectivity index (χ3v) is 6.34. The number of imidazole rings is 1. The van der Waals surface area contributed by atoms with Crippen molar-refractivity contribution in [3.8, 4) is 0 Å². The van der Waals surface area contributed by atoms with Crippen molar-refractivity contribution < 1.29 is 32.3 Å². The Morgan fingerprint density at radius 2 is 1.70 bits per heavy atom. The summed E-state index contributed by atoms with van der Waals surface area (Å²) in [6.07, 6.45) is -2.76. The Morgan fingerprint density at radius 3 is 2.25 bits per heavy atom. The van der Waals surface area contributed by atoms with Gasteiger partial charge in [0.05, 0.1) is 0 Å². The maximum atomic E-state index is 14.5. The maximum absolute atomic E-state index is 14.5. The molecule has 0 aliphatic heterocycles. The monoisotopic (exact) mass is 561 g/mol. The lowest BCUT2D eigenvalue weighted by atomic mass is 9.90. The first-order chi connectivity index (χ1) is 18.8. The number of halogens is 4. The minimum absolute atomic E-state index is 0.206. The van der Waals surface area contributed by atoms with E-state index in [0.717, 1.165) is 18.4 Å². The lowest BCUT2D eigenvalue weighted by molar-refractivity contribution is -0.192. The number of nitrogens with one attached hydrogen (secondary N) is 2. The van der Waals surface area contributed by atoms with Gasteiger partial charge in [-0.3, -0.25) is 19.1 Å². The highest BCUT2D eigenvalue weighted by Crippen LogP contribution is 2.32. The second-order valence-corrected chi connectivity index (χ2v) is 9.27. The summed E-state index contributed by atoms with van der Waals surface area (Å²) < 4.78 is 47.7. The number of carbonyl (C=O) groups is 2. The lowest BCUT2D eigenvalue weighted by Crippen LogP contribution is -2.30. The summed E-state index contributed by atoms with van der Waals surface area (Å²) in [7, 11) is 0. The van der Waals surface area contributed by atoms with Crippen LogP contribution in [0, 0.1) is 11.7 Å². The van der Waals surface area contributed by atoms with E-state index in [2.05, 4.69) is 15.0 Å². The molecule has 5 rings (SSSR count). The van der Waals surface area contributed by atoms with Gasteiger partial charge in [0.15, 0.2) is 5.65 Å². The lowest BCUT2D eigenvalue weighted by Gasteiger charge is -2.16. The van der Waals surface area contributed by atoms with Gasteiger partial charge < -0.3 is 15.8 Å². The van der Waals surface area contributed by atoms with Crippen LogP contribution >= 0.6 is 0 Å². The summed E-state index contributed by atoms with van der Waals surface area (Å²) in [5.74, 6) is -3.29. The maximum Gasteiger partial charge on any atom is 0.490 e. The molecule has 0 spiro atoms. The van der Waals surface area contributed by atoms with Crippen LogP contribution in [0.25, 0.3) is 11.2 Å². The van der Waals surface area contributed by atoms with Crippen molar-refractivity contribution in [2.75, 3.05) is 0 Å². The standard InChI is InChI=1S/C24H22FN5O3.C2HF3O2/c25-18-4-2-1-3-16(18)11-17(14-7-9-15(10-8-14)20(26)31)21-27-19-22(28-21)30(12-13-5-6-13)24(33)29-23(19)32;3-2(4,5)1(6)7/h1-4,7-10,13,17H,5-6,11-12H2,(H2,26,31)(H,27,28)(H,29,32,33);(H,6,7). The first-order valence-electron chi connectivity index (χ1n) is 12.0. The van der Waals surface area contributed by atoms with Crippen LogP contribution in [0.5, 0.6) is 0 Å². The van der Waals surface area contributed by atoms with Gasteiger partial charge in [0.2, 0.25) is 5.91 Å². The van der Waals surface area contributed by atoms with Crippen LogP contribution in [0.1, 0.15) is 46.1 Å². The number of aromatic amines is 2. The zero-order valence-electron chi connectivity index (χ0n) is 20.7. The second-order valence-electron chi connectivity index (χ2n) is 9.27. The van der Waals surface area contributed by atoms with Crippen LogP contribution in [0.15, 0.2) is 58.1 Å². The molecule has 1 unspecified atom stereocenters. The molecule has 1 aliphatic rings. The van der Waals surface area contributed by atoms with Crippen LogP contribution in [-0.4, -0.2) is 42.7 Å². The first kappa shape index (κ1) is 28.3. The number of carbonyl (C=O) groups excluding carboxylic acids is 1. The summed E-state index contributed by atoms with van der Waals surface area (Å²) in [5, 5.41) is 7.12. The van der Waals surface area contributed by atoms with Crippen molar-refractivity contribution in [3.63, 3.8) is 0 Å².